The van der Waals surface area contributed by atoms with Crippen LogP contribution in [0.1, 0.15) is 19.0 Å². The van der Waals surface area contributed by atoms with Crippen molar-refractivity contribution in [3.63, 3.8) is 0 Å². The third-order valence-electron chi connectivity index (χ3n) is 2.18. The van der Waals surface area contributed by atoms with Crippen molar-refractivity contribution >= 4 is 11.6 Å². The molecule has 0 saturated carbocycles. The lowest BCUT2D eigenvalue weighted by molar-refractivity contribution is -0.120. The van der Waals surface area contributed by atoms with Crippen LogP contribution in [0.3, 0.4) is 0 Å². The van der Waals surface area contributed by atoms with E-state index < -0.39 is 0 Å². The van der Waals surface area contributed by atoms with Gasteiger partial charge in [0, 0.05) is 25.7 Å². The van der Waals surface area contributed by atoms with E-state index in [9.17, 15) is 4.79 Å². The van der Waals surface area contributed by atoms with Crippen LogP contribution in [0.25, 0.3) is 0 Å². The Morgan fingerprint density at radius 3 is 2.93 bits per heavy atom. The highest BCUT2D eigenvalue weighted by atomic mass is 16.1. The van der Waals surface area contributed by atoms with E-state index in [-0.39, 0.29) is 11.9 Å². The summed E-state index contributed by atoms with van der Waals surface area (Å²) in [6, 6.07) is 3.94. The maximum absolute atomic E-state index is 11.1. The van der Waals surface area contributed by atoms with Gasteiger partial charge in [-0.15, -0.1) is 0 Å². The molecule has 1 atom stereocenters. The first-order valence-electron chi connectivity index (χ1n) is 5.02. The number of rotatable bonds is 4. The lowest BCUT2D eigenvalue weighted by Gasteiger charge is -2.15. The van der Waals surface area contributed by atoms with Crippen molar-refractivity contribution in [2.75, 3.05) is 12.4 Å². The van der Waals surface area contributed by atoms with Crippen LogP contribution in [0, 0.1) is 6.92 Å². The molecule has 82 valence electrons. The van der Waals surface area contributed by atoms with Crippen molar-refractivity contribution in [1.82, 2.24) is 10.3 Å². The molecule has 15 heavy (non-hydrogen) atoms. The van der Waals surface area contributed by atoms with Gasteiger partial charge >= 0.3 is 0 Å². The van der Waals surface area contributed by atoms with Gasteiger partial charge in [0.15, 0.2) is 0 Å². The van der Waals surface area contributed by atoms with Crippen molar-refractivity contribution in [3.8, 4) is 0 Å². The van der Waals surface area contributed by atoms with E-state index in [4.69, 9.17) is 0 Å². The predicted octanol–water partition coefficient (Wildman–Crippen LogP) is 1.33. The fourth-order valence-electron chi connectivity index (χ4n) is 1.33. The standard InChI is InChI=1S/C11H17N3O/c1-8(7-11(15)12-3)14-10-5-4-6-13-9(10)2/h4-6,8,14H,7H2,1-3H3,(H,12,15). The molecule has 1 unspecified atom stereocenters. The second-order valence-corrected chi connectivity index (χ2v) is 3.56. The van der Waals surface area contributed by atoms with E-state index in [0.29, 0.717) is 6.42 Å². The fourth-order valence-corrected chi connectivity index (χ4v) is 1.33. The normalized spacial score (nSPS) is 11.9. The first-order valence-corrected chi connectivity index (χ1v) is 5.02. The van der Waals surface area contributed by atoms with Gasteiger partial charge in [-0.25, -0.2) is 0 Å². The first kappa shape index (κ1) is 11.5. The Hall–Kier alpha value is -1.58. The number of carbonyl (C=O) groups is 1. The molecule has 1 heterocycles. The highest BCUT2D eigenvalue weighted by Crippen LogP contribution is 2.12. The largest absolute Gasteiger partial charge is 0.381 e. The molecular formula is C11H17N3O. The van der Waals surface area contributed by atoms with Gasteiger partial charge in [-0.2, -0.15) is 0 Å². The van der Waals surface area contributed by atoms with Crippen molar-refractivity contribution in [3.05, 3.63) is 24.0 Å². The Labute approximate surface area is 90.1 Å². The molecule has 2 N–H and O–H groups in total. The predicted molar refractivity (Wildman–Crippen MR) is 60.7 cm³/mol. The van der Waals surface area contributed by atoms with Gasteiger partial charge in [0.1, 0.15) is 0 Å². The topological polar surface area (TPSA) is 54.0 Å². The number of hydrogen-bond acceptors (Lipinski definition) is 3. The van der Waals surface area contributed by atoms with Crippen molar-refractivity contribution in [2.45, 2.75) is 26.3 Å². The Morgan fingerprint density at radius 2 is 2.33 bits per heavy atom. The molecule has 0 fully saturated rings. The highest BCUT2D eigenvalue weighted by Gasteiger charge is 2.08. The summed E-state index contributed by atoms with van der Waals surface area (Å²) in [5.74, 6) is 0.0385. The lowest BCUT2D eigenvalue weighted by Crippen LogP contribution is -2.27. The maximum Gasteiger partial charge on any atom is 0.221 e. The second kappa shape index (κ2) is 5.34. The molecule has 0 radical (unpaired) electrons. The molecule has 4 heteroatoms. The SMILES string of the molecule is CNC(=O)CC(C)Nc1cccnc1C. The summed E-state index contributed by atoms with van der Waals surface area (Å²) in [7, 11) is 1.64. The van der Waals surface area contributed by atoms with E-state index in [1.165, 1.54) is 0 Å². The van der Waals surface area contributed by atoms with Gasteiger partial charge in [-0.1, -0.05) is 0 Å². The average Bonchev–Trinajstić information content (AvgIpc) is 2.21. The highest BCUT2D eigenvalue weighted by molar-refractivity contribution is 5.76. The Morgan fingerprint density at radius 1 is 1.60 bits per heavy atom. The minimum Gasteiger partial charge on any atom is -0.381 e. The van der Waals surface area contributed by atoms with Crippen LogP contribution < -0.4 is 10.6 Å². The van der Waals surface area contributed by atoms with Gasteiger partial charge in [0.25, 0.3) is 0 Å². The second-order valence-electron chi connectivity index (χ2n) is 3.56. The Balaban J connectivity index is 2.55. The molecule has 0 aliphatic heterocycles. The van der Waals surface area contributed by atoms with Crippen molar-refractivity contribution in [2.24, 2.45) is 0 Å². The summed E-state index contributed by atoms with van der Waals surface area (Å²) >= 11 is 0. The number of aromatic nitrogens is 1. The molecule has 0 aromatic carbocycles. The molecule has 0 aliphatic rings. The van der Waals surface area contributed by atoms with E-state index in [1.54, 1.807) is 13.2 Å². The Bertz CT molecular complexity index is 338. The smallest absolute Gasteiger partial charge is 0.221 e. The molecule has 1 aromatic rings. The van der Waals surface area contributed by atoms with Crippen molar-refractivity contribution in [1.29, 1.82) is 0 Å². The van der Waals surface area contributed by atoms with E-state index in [0.717, 1.165) is 11.4 Å². The first-order chi connectivity index (χ1) is 7.13. The average molecular weight is 207 g/mol. The summed E-state index contributed by atoms with van der Waals surface area (Å²) in [4.78, 5) is 15.3. The van der Waals surface area contributed by atoms with Crippen LogP contribution in [0.5, 0.6) is 0 Å². The number of hydrogen-bond donors (Lipinski definition) is 2. The maximum atomic E-state index is 11.1. The number of nitrogens with zero attached hydrogens (tertiary/aromatic N) is 1. The number of carbonyl (C=O) groups excluding carboxylic acids is 1. The van der Waals surface area contributed by atoms with Crippen LogP contribution in [-0.4, -0.2) is 24.0 Å². The number of pyridine rings is 1. The lowest BCUT2D eigenvalue weighted by atomic mass is 10.2. The quantitative estimate of drug-likeness (QED) is 0.783. The number of aryl methyl sites for hydroxylation is 1. The molecule has 1 rings (SSSR count). The molecule has 0 spiro atoms. The van der Waals surface area contributed by atoms with Crippen LogP contribution >= 0.6 is 0 Å². The molecule has 4 nitrogen and oxygen atoms in total. The molecule has 0 saturated heterocycles. The van der Waals surface area contributed by atoms with E-state index in [2.05, 4.69) is 15.6 Å². The van der Waals surface area contributed by atoms with Gasteiger partial charge in [0.05, 0.1) is 11.4 Å². The van der Waals surface area contributed by atoms with Crippen LogP contribution in [0.4, 0.5) is 5.69 Å². The van der Waals surface area contributed by atoms with Crippen LogP contribution in [0.2, 0.25) is 0 Å². The summed E-state index contributed by atoms with van der Waals surface area (Å²) in [6.07, 6.45) is 2.22. The summed E-state index contributed by atoms with van der Waals surface area (Å²) in [5.41, 5.74) is 1.93. The zero-order valence-electron chi connectivity index (χ0n) is 9.37. The zero-order valence-corrected chi connectivity index (χ0v) is 9.37. The Kier molecular flexibility index (Phi) is 4.09. The third kappa shape index (κ3) is 3.58. The number of anilines is 1. The van der Waals surface area contributed by atoms with Gasteiger partial charge in [0.2, 0.25) is 5.91 Å². The molecular weight excluding hydrogens is 190 g/mol. The third-order valence-corrected chi connectivity index (χ3v) is 2.18. The summed E-state index contributed by atoms with van der Waals surface area (Å²) in [5, 5.41) is 5.85. The van der Waals surface area contributed by atoms with Gasteiger partial charge in [-0.3, -0.25) is 9.78 Å². The monoisotopic (exact) mass is 207 g/mol. The number of amides is 1. The molecule has 1 aromatic heterocycles. The minimum absolute atomic E-state index is 0.0385. The molecule has 1 amide bonds. The fraction of sp³-hybridized carbons (Fsp3) is 0.455. The molecule has 0 bridgehead atoms. The van der Waals surface area contributed by atoms with Crippen molar-refractivity contribution < 1.29 is 4.79 Å². The summed E-state index contributed by atoms with van der Waals surface area (Å²) < 4.78 is 0. The van der Waals surface area contributed by atoms with E-state index in [1.807, 2.05) is 26.0 Å². The van der Waals surface area contributed by atoms with Gasteiger partial charge in [-0.05, 0) is 26.0 Å². The van der Waals surface area contributed by atoms with E-state index >= 15 is 0 Å². The van der Waals surface area contributed by atoms with Crippen LogP contribution in [-0.2, 0) is 4.79 Å². The summed E-state index contributed by atoms with van der Waals surface area (Å²) in [6.45, 7) is 3.91. The van der Waals surface area contributed by atoms with Crippen LogP contribution in [0.15, 0.2) is 18.3 Å². The zero-order chi connectivity index (χ0) is 11.3. The van der Waals surface area contributed by atoms with Gasteiger partial charge < -0.3 is 10.6 Å². The number of nitrogens with one attached hydrogen (secondary N) is 2. The minimum atomic E-state index is 0.0385. The molecule has 0 aliphatic carbocycles.